The van der Waals surface area contributed by atoms with E-state index in [4.69, 9.17) is 0 Å². The molecule has 1 aliphatic rings. The molecule has 0 amide bonds. The SMILES string of the molecule is CCCCC1=CCNC=C1c1cncc(-c2ccc3cc(-c4c5ccccc5c(-c5ccccc5)c5ccccc45)ccc3c2)c1. The predicted octanol–water partition coefficient (Wildman–Crippen LogP) is 11.6. The summed E-state index contributed by atoms with van der Waals surface area (Å²) in [5, 5.41) is 11.0. The highest BCUT2D eigenvalue weighted by molar-refractivity contribution is 6.21. The zero-order valence-corrected chi connectivity index (χ0v) is 26.1. The van der Waals surface area contributed by atoms with Gasteiger partial charge in [-0.25, -0.2) is 0 Å². The highest BCUT2D eigenvalue weighted by Gasteiger charge is 2.17. The van der Waals surface area contributed by atoms with Gasteiger partial charge in [-0.3, -0.25) is 4.98 Å². The first-order valence-electron chi connectivity index (χ1n) is 16.4. The van der Waals surface area contributed by atoms with Crippen molar-refractivity contribution in [1.29, 1.82) is 0 Å². The number of dihydropyridines is 1. The molecule has 2 heteroatoms. The Kier molecular flexibility index (Phi) is 7.40. The van der Waals surface area contributed by atoms with Crippen molar-refractivity contribution in [2.75, 3.05) is 6.54 Å². The molecule has 8 rings (SSSR count). The van der Waals surface area contributed by atoms with Crippen molar-refractivity contribution < 1.29 is 0 Å². The summed E-state index contributed by atoms with van der Waals surface area (Å²) >= 11 is 0. The van der Waals surface area contributed by atoms with E-state index in [1.165, 1.54) is 89.7 Å². The number of allylic oxidation sites excluding steroid dienone is 2. The minimum Gasteiger partial charge on any atom is -0.387 e. The average Bonchev–Trinajstić information content (AvgIpc) is 3.13. The normalized spacial score (nSPS) is 13.1. The minimum absolute atomic E-state index is 0.894. The molecule has 2 heterocycles. The minimum atomic E-state index is 0.894. The molecule has 0 saturated heterocycles. The van der Waals surface area contributed by atoms with Gasteiger partial charge in [0, 0.05) is 41.8 Å². The van der Waals surface area contributed by atoms with Gasteiger partial charge in [0.05, 0.1) is 0 Å². The first-order valence-corrected chi connectivity index (χ1v) is 16.4. The molecular formula is C44H36N2. The van der Waals surface area contributed by atoms with Crippen LogP contribution >= 0.6 is 0 Å². The van der Waals surface area contributed by atoms with Crippen molar-refractivity contribution in [2.45, 2.75) is 26.2 Å². The Bertz CT molecular complexity index is 2230. The Balaban J connectivity index is 1.21. The molecule has 2 nitrogen and oxygen atoms in total. The van der Waals surface area contributed by atoms with Gasteiger partial charge < -0.3 is 5.32 Å². The van der Waals surface area contributed by atoms with Crippen LogP contribution in [0.25, 0.3) is 71.3 Å². The van der Waals surface area contributed by atoms with Crippen LogP contribution in [0.1, 0.15) is 31.7 Å². The summed E-state index contributed by atoms with van der Waals surface area (Å²) in [5.74, 6) is 0. The molecule has 0 radical (unpaired) electrons. The van der Waals surface area contributed by atoms with E-state index in [1.54, 1.807) is 0 Å². The van der Waals surface area contributed by atoms with E-state index >= 15 is 0 Å². The lowest BCUT2D eigenvalue weighted by Gasteiger charge is -2.18. The molecular weight excluding hydrogens is 556 g/mol. The largest absolute Gasteiger partial charge is 0.387 e. The van der Waals surface area contributed by atoms with Gasteiger partial charge in [0.15, 0.2) is 0 Å². The zero-order chi connectivity index (χ0) is 30.9. The highest BCUT2D eigenvalue weighted by Crippen LogP contribution is 2.44. The standard InChI is InChI=1S/C44H36N2/c1-2-3-11-30-22-23-45-29-42(30)37-26-36(27-46-28-37)34-19-18-33-25-35(21-20-32(33)24-34)44-40-16-9-7-14-38(40)43(31-12-5-4-6-13-31)39-15-8-10-17-41(39)44/h4-10,12-22,24-29,45H,2-3,11,23H2,1H3. The molecule has 0 unspecified atom stereocenters. The summed E-state index contributed by atoms with van der Waals surface area (Å²) < 4.78 is 0. The summed E-state index contributed by atoms with van der Waals surface area (Å²) in [7, 11) is 0. The van der Waals surface area contributed by atoms with Gasteiger partial charge in [0.25, 0.3) is 0 Å². The molecule has 1 aliphatic heterocycles. The fourth-order valence-corrected chi connectivity index (χ4v) is 7.10. The highest BCUT2D eigenvalue weighted by atomic mass is 14.8. The van der Waals surface area contributed by atoms with Crippen molar-refractivity contribution >= 4 is 37.9 Å². The number of nitrogens with one attached hydrogen (secondary N) is 1. The number of unbranched alkanes of at least 4 members (excludes halogenated alkanes) is 1. The van der Waals surface area contributed by atoms with E-state index in [1.807, 2.05) is 12.4 Å². The second-order valence-corrected chi connectivity index (χ2v) is 12.2. The summed E-state index contributed by atoms with van der Waals surface area (Å²) in [6.45, 7) is 3.15. The number of hydrogen-bond acceptors (Lipinski definition) is 2. The van der Waals surface area contributed by atoms with Crippen LogP contribution in [0.4, 0.5) is 0 Å². The number of benzene rings is 6. The summed E-state index contributed by atoms with van der Waals surface area (Å²) in [4.78, 5) is 4.68. The first kappa shape index (κ1) is 28.0. The maximum absolute atomic E-state index is 4.68. The third-order valence-electron chi connectivity index (χ3n) is 9.36. The molecule has 0 atom stereocenters. The van der Waals surface area contributed by atoms with Crippen LogP contribution in [-0.2, 0) is 0 Å². The fraction of sp³-hybridized carbons (Fsp3) is 0.114. The molecule has 0 fully saturated rings. The van der Waals surface area contributed by atoms with Crippen LogP contribution < -0.4 is 5.32 Å². The Labute approximate surface area is 270 Å². The van der Waals surface area contributed by atoms with E-state index in [9.17, 15) is 0 Å². The Morgan fingerprint density at radius 2 is 1.15 bits per heavy atom. The van der Waals surface area contributed by atoms with E-state index in [0.29, 0.717) is 0 Å². The predicted molar refractivity (Wildman–Crippen MR) is 197 cm³/mol. The van der Waals surface area contributed by atoms with Crippen LogP contribution in [0.15, 0.2) is 152 Å². The van der Waals surface area contributed by atoms with Gasteiger partial charge in [-0.15, -0.1) is 0 Å². The van der Waals surface area contributed by atoms with Gasteiger partial charge in [0.2, 0.25) is 0 Å². The van der Waals surface area contributed by atoms with Gasteiger partial charge in [-0.05, 0) is 96.7 Å². The van der Waals surface area contributed by atoms with Gasteiger partial charge in [-0.1, -0.05) is 123 Å². The quantitative estimate of drug-likeness (QED) is 0.186. The van der Waals surface area contributed by atoms with Gasteiger partial charge in [0.1, 0.15) is 0 Å². The van der Waals surface area contributed by atoms with Crippen molar-refractivity contribution in [3.8, 4) is 33.4 Å². The molecule has 0 bridgehead atoms. The topological polar surface area (TPSA) is 24.9 Å². The Hall–Kier alpha value is -5.47. The third-order valence-corrected chi connectivity index (χ3v) is 9.36. The molecule has 0 saturated carbocycles. The summed E-state index contributed by atoms with van der Waals surface area (Å²) in [5.41, 5.74) is 11.2. The Morgan fingerprint density at radius 3 is 1.83 bits per heavy atom. The molecule has 46 heavy (non-hydrogen) atoms. The molecule has 0 spiro atoms. The first-order chi connectivity index (χ1) is 22.8. The van der Waals surface area contributed by atoms with Crippen LogP contribution in [-0.4, -0.2) is 11.5 Å². The number of pyridine rings is 1. The van der Waals surface area contributed by atoms with E-state index in [2.05, 4.69) is 151 Å². The summed E-state index contributed by atoms with van der Waals surface area (Å²) in [6, 6.07) is 44.5. The zero-order valence-electron chi connectivity index (χ0n) is 26.1. The number of nitrogens with zero attached hydrogens (tertiary/aromatic N) is 1. The lowest BCUT2D eigenvalue weighted by Crippen LogP contribution is -2.12. The number of aromatic nitrogens is 1. The lowest BCUT2D eigenvalue weighted by atomic mass is 9.85. The number of rotatable bonds is 7. The monoisotopic (exact) mass is 592 g/mol. The maximum Gasteiger partial charge on any atom is 0.0347 e. The molecule has 1 aromatic heterocycles. The fourth-order valence-electron chi connectivity index (χ4n) is 7.10. The van der Waals surface area contributed by atoms with E-state index in [-0.39, 0.29) is 0 Å². The molecule has 7 aromatic rings. The third kappa shape index (κ3) is 5.06. The average molecular weight is 593 g/mol. The van der Waals surface area contributed by atoms with E-state index < -0.39 is 0 Å². The molecule has 1 N–H and O–H groups in total. The van der Waals surface area contributed by atoms with Crippen LogP contribution in [0, 0.1) is 0 Å². The molecule has 222 valence electrons. The Morgan fingerprint density at radius 1 is 0.565 bits per heavy atom. The van der Waals surface area contributed by atoms with Crippen molar-refractivity contribution in [1.82, 2.24) is 10.3 Å². The summed E-state index contributed by atoms with van der Waals surface area (Å²) in [6.07, 6.45) is 12.0. The van der Waals surface area contributed by atoms with E-state index in [0.717, 1.165) is 18.5 Å². The number of fused-ring (bicyclic) bond motifs is 3. The smallest absolute Gasteiger partial charge is 0.0347 e. The van der Waals surface area contributed by atoms with Crippen LogP contribution in [0.5, 0.6) is 0 Å². The second-order valence-electron chi connectivity index (χ2n) is 12.2. The van der Waals surface area contributed by atoms with Crippen molar-refractivity contribution in [3.05, 3.63) is 157 Å². The second kappa shape index (κ2) is 12.1. The van der Waals surface area contributed by atoms with Crippen molar-refractivity contribution in [2.24, 2.45) is 0 Å². The van der Waals surface area contributed by atoms with Crippen LogP contribution in [0.2, 0.25) is 0 Å². The van der Waals surface area contributed by atoms with Crippen molar-refractivity contribution in [3.63, 3.8) is 0 Å². The number of hydrogen-bond donors (Lipinski definition) is 1. The maximum atomic E-state index is 4.68. The molecule has 0 aliphatic carbocycles. The van der Waals surface area contributed by atoms with Gasteiger partial charge in [-0.2, -0.15) is 0 Å². The molecule has 6 aromatic carbocycles. The van der Waals surface area contributed by atoms with Gasteiger partial charge >= 0.3 is 0 Å². The van der Waals surface area contributed by atoms with Crippen LogP contribution in [0.3, 0.4) is 0 Å². The lowest BCUT2D eigenvalue weighted by molar-refractivity contribution is 0.790.